The molecule has 0 aliphatic heterocycles. The Labute approximate surface area is 321 Å². The summed E-state index contributed by atoms with van der Waals surface area (Å²) in [5.74, 6) is 0. The van der Waals surface area contributed by atoms with Crippen molar-refractivity contribution >= 4 is 49.8 Å². The molecule has 1 heterocycles. The van der Waals surface area contributed by atoms with E-state index >= 15 is 0 Å². The molecule has 0 atom stereocenters. The molecule has 2 nitrogen and oxygen atoms in total. The third kappa shape index (κ3) is 5.95. The maximum Gasteiger partial charge on any atom is 0.143 e. The van der Waals surface area contributed by atoms with Crippen molar-refractivity contribution in [2.24, 2.45) is 0 Å². The van der Waals surface area contributed by atoms with E-state index in [1.807, 2.05) is 12.1 Å². The molecule has 0 N–H and O–H groups in total. The summed E-state index contributed by atoms with van der Waals surface area (Å²) in [6.07, 6.45) is 0. The fraction of sp³-hybridized carbons (Fsp3) is 0.0189. The molecule has 1 aromatic heterocycles. The second-order valence-electron chi connectivity index (χ2n) is 14.2. The third-order valence-electron chi connectivity index (χ3n) is 10.9. The van der Waals surface area contributed by atoms with Crippen LogP contribution in [0.2, 0.25) is 0 Å². The highest BCUT2D eigenvalue weighted by atomic mass is 16.3. The van der Waals surface area contributed by atoms with Crippen molar-refractivity contribution in [1.29, 1.82) is 0 Å². The largest absolute Gasteiger partial charge is 0.455 e. The summed E-state index contributed by atoms with van der Waals surface area (Å²) in [6, 6.07) is 73.9. The average Bonchev–Trinajstić information content (AvgIpc) is 3.64. The molecule has 0 spiro atoms. The van der Waals surface area contributed by atoms with Gasteiger partial charge in [-0.15, -0.1) is 0 Å². The molecule has 10 aromatic rings. The first kappa shape index (κ1) is 32.5. The highest BCUT2D eigenvalue weighted by Gasteiger charge is 2.16. The first-order valence-electron chi connectivity index (χ1n) is 18.8. The summed E-state index contributed by atoms with van der Waals surface area (Å²) < 4.78 is 6.39. The molecule has 55 heavy (non-hydrogen) atoms. The minimum atomic E-state index is 0.908. The van der Waals surface area contributed by atoms with Crippen LogP contribution in [0.4, 0.5) is 17.1 Å². The molecule has 0 aliphatic rings. The van der Waals surface area contributed by atoms with Crippen molar-refractivity contribution in [3.05, 3.63) is 212 Å². The summed E-state index contributed by atoms with van der Waals surface area (Å²) in [6.45, 7) is 2.17. The number of fused-ring (bicyclic) bond motifs is 4. The fourth-order valence-electron chi connectivity index (χ4n) is 8.02. The van der Waals surface area contributed by atoms with Gasteiger partial charge in [0.25, 0.3) is 0 Å². The van der Waals surface area contributed by atoms with Crippen LogP contribution in [0.5, 0.6) is 0 Å². The molecule has 9 aromatic carbocycles. The van der Waals surface area contributed by atoms with E-state index < -0.39 is 0 Å². The van der Waals surface area contributed by atoms with E-state index in [-0.39, 0.29) is 0 Å². The van der Waals surface area contributed by atoms with Gasteiger partial charge in [0.05, 0.1) is 0 Å². The fourth-order valence-corrected chi connectivity index (χ4v) is 8.02. The van der Waals surface area contributed by atoms with Crippen LogP contribution >= 0.6 is 0 Å². The SMILES string of the molecule is Cc1ccccc1-c1ccc(N(c2ccc(-c3ccc(-c4cccc5ccccc45)cc3)cc2)c2ccc(-c3cccc4c3oc3ccccc34)cc2)cc1. The lowest BCUT2D eigenvalue weighted by molar-refractivity contribution is 0.670. The summed E-state index contributed by atoms with van der Waals surface area (Å²) in [5, 5.41) is 4.80. The second-order valence-corrected chi connectivity index (χ2v) is 14.2. The Morgan fingerprint density at radius 2 is 0.764 bits per heavy atom. The Kier molecular flexibility index (Phi) is 8.08. The van der Waals surface area contributed by atoms with Gasteiger partial charge in [-0.3, -0.25) is 0 Å². The lowest BCUT2D eigenvalue weighted by atomic mass is 9.96. The number of nitrogens with zero attached hydrogens (tertiary/aromatic N) is 1. The van der Waals surface area contributed by atoms with Gasteiger partial charge in [-0.2, -0.15) is 0 Å². The minimum Gasteiger partial charge on any atom is -0.455 e. The lowest BCUT2D eigenvalue weighted by Gasteiger charge is -2.26. The zero-order valence-electron chi connectivity index (χ0n) is 30.5. The van der Waals surface area contributed by atoms with Gasteiger partial charge in [-0.25, -0.2) is 0 Å². The molecule has 2 heteroatoms. The Morgan fingerprint density at radius 3 is 1.45 bits per heavy atom. The normalized spacial score (nSPS) is 11.4. The molecular weight excluding hydrogens is 667 g/mol. The Hall–Kier alpha value is -7.16. The molecule has 0 saturated heterocycles. The van der Waals surface area contributed by atoms with Crippen molar-refractivity contribution in [1.82, 2.24) is 0 Å². The van der Waals surface area contributed by atoms with Crippen molar-refractivity contribution < 1.29 is 4.42 Å². The Balaban J connectivity index is 1.00. The summed E-state index contributed by atoms with van der Waals surface area (Å²) in [5.41, 5.74) is 15.9. The van der Waals surface area contributed by atoms with Crippen LogP contribution < -0.4 is 4.90 Å². The van der Waals surface area contributed by atoms with Gasteiger partial charge in [-0.05, 0) is 105 Å². The predicted octanol–water partition coefficient (Wildman–Crippen LogP) is 15.2. The Bertz CT molecular complexity index is 2950. The number of benzene rings is 9. The van der Waals surface area contributed by atoms with Gasteiger partial charge in [-0.1, -0.05) is 164 Å². The molecule has 0 saturated carbocycles. The molecule has 0 bridgehead atoms. The zero-order chi connectivity index (χ0) is 36.7. The topological polar surface area (TPSA) is 16.4 Å². The van der Waals surface area contributed by atoms with E-state index in [9.17, 15) is 0 Å². The average molecular weight is 704 g/mol. The van der Waals surface area contributed by atoms with Crippen LogP contribution in [0.15, 0.2) is 211 Å². The standard InChI is InChI=1S/C53H37NO/c1-36-10-2-4-13-46(36)40-26-32-44(33-27-40)54(45-34-28-42(29-35-45)49-17-9-18-51-50-15-6-7-19-52(50)55-53(49)51)43-30-24-38(25-31-43)37-20-22-41(23-21-37)48-16-8-12-39-11-3-5-14-47(39)48/h2-35H,1H3. The number of anilines is 3. The minimum absolute atomic E-state index is 0.908. The van der Waals surface area contributed by atoms with Gasteiger partial charge in [0.15, 0.2) is 0 Å². The van der Waals surface area contributed by atoms with E-state index in [2.05, 4.69) is 206 Å². The van der Waals surface area contributed by atoms with Crippen LogP contribution in [0.1, 0.15) is 5.56 Å². The molecule has 260 valence electrons. The number of hydrogen-bond acceptors (Lipinski definition) is 2. The zero-order valence-corrected chi connectivity index (χ0v) is 30.5. The van der Waals surface area contributed by atoms with Crippen molar-refractivity contribution in [3.63, 3.8) is 0 Å². The van der Waals surface area contributed by atoms with E-state index in [0.29, 0.717) is 0 Å². The number of para-hydroxylation sites is 2. The molecule has 0 amide bonds. The number of rotatable bonds is 7. The first-order chi connectivity index (χ1) is 27.2. The van der Waals surface area contributed by atoms with Gasteiger partial charge in [0.2, 0.25) is 0 Å². The number of aryl methyl sites for hydroxylation is 1. The van der Waals surface area contributed by atoms with Crippen molar-refractivity contribution in [2.45, 2.75) is 6.92 Å². The maximum atomic E-state index is 6.39. The Morgan fingerprint density at radius 1 is 0.327 bits per heavy atom. The quantitative estimate of drug-likeness (QED) is 0.164. The molecule has 0 fully saturated rings. The summed E-state index contributed by atoms with van der Waals surface area (Å²) in [7, 11) is 0. The van der Waals surface area contributed by atoms with Crippen LogP contribution in [-0.4, -0.2) is 0 Å². The molecule has 10 rings (SSSR count). The van der Waals surface area contributed by atoms with Crippen molar-refractivity contribution in [2.75, 3.05) is 4.90 Å². The van der Waals surface area contributed by atoms with E-state index in [0.717, 1.165) is 50.1 Å². The molecule has 0 aliphatic carbocycles. The molecular formula is C53H37NO. The predicted molar refractivity (Wildman–Crippen MR) is 232 cm³/mol. The van der Waals surface area contributed by atoms with E-state index in [4.69, 9.17) is 4.42 Å². The van der Waals surface area contributed by atoms with Crippen LogP contribution in [0.3, 0.4) is 0 Å². The van der Waals surface area contributed by atoms with Gasteiger partial charge in [0, 0.05) is 33.4 Å². The van der Waals surface area contributed by atoms with Gasteiger partial charge in [0.1, 0.15) is 11.2 Å². The second kappa shape index (κ2) is 13.7. The first-order valence-corrected chi connectivity index (χ1v) is 18.8. The number of furan rings is 1. The van der Waals surface area contributed by atoms with E-state index in [1.54, 1.807) is 0 Å². The van der Waals surface area contributed by atoms with Crippen molar-refractivity contribution in [3.8, 4) is 44.5 Å². The highest BCUT2D eigenvalue weighted by Crippen LogP contribution is 2.40. The molecule has 0 radical (unpaired) electrons. The van der Waals surface area contributed by atoms with Gasteiger partial charge < -0.3 is 9.32 Å². The third-order valence-corrected chi connectivity index (χ3v) is 10.9. The summed E-state index contributed by atoms with van der Waals surface area (Å²) in [4.78, 5) is 2.33. The van der Waals surface area contributed by atoms with Crippen LogP contribution in [0, 0.1) is 6.92 Å². The van der Waals surface area contributed by atoms with Gasteiger partial charge >= 0.3 is 0 Å². The van der Waals surface area contributed by atoms with Crippen LogP contribution in [0.25, 0.3) is 77.2 Å². The van der Waals surface area contributed by atoms with Crippen LogP contribution in [-0.2, 0) is 0 Å². The monoisotopic (exact) mass is 703 g/mol. The highest BCUT2D eigenvalue weighted by molar-refractivity contribution is 6.09. The maximum absolute atomic E-state index is 6.39. The lowest BCUT2D eigenvalue weighted by Crippen LogP contribution is -2.09. The summed E-state index contributed by atoms with van der Waals surface area (Å²) >= 11 is 0. The number of hydrogen-bond donors (Lipinski definition) is 0. The van der Waals surface area contributed by atoms with E-state index in [1.165, 1.54) is 49.7 Å². The molecule has 0 unspecified atom stereocenters. The smallest absolute Gasteiger partial charge is 0.143 e.